The molecule has 0 saturated carbocycles. The van der Waals surface area contributed by atoms with E-state index < -0.39 is 12.0 Å². The van der Waals surface area contributed by atoms with Gasteiger partial charge < -0.3 is 23.7 Å². The minimum Gasteiger partial charge on any atom is -0.493 e. The molecular formula is C35H36N2O7S. The lowest BCUT2D eigenvalue weighted by Crippen LogP contribution is -2.40. The maximum absolute atomic E-state index is 14.2. The highest BCUT2D eigenvalue weighted by molar-refractivity contribution is 7.07. The third-order valence-corrected chi connectivity index (χ3v) is 8.11. The number of benzene rings is 3. The number of ether oxygens (including phenoxy) is 5. The molecule has 5 rings (SSSR count). The van der Waals surface area contributed by atoms with E-state index in [1.54, 1.807) is 46.3 Å². The minimum absolute atomic E-state index is 0.0715. The normalized spacial score (nSPS) is 14.6. The van der Waals surface area contributed by atoms with Crippen LogP contribution in [0.5, 0.6) is 23.0 Å². The van der Waals surface area contributed by atoms with Crippen LogP contribution in [0.15, 0.2) is 87.8 Å². The van der Waals surface area contributed by atoms with Crippen molar-refractivity contribution in [1.29, 1.82) is 0 Å². The van der Waals surface area contributed by atoms with Crippen molar-refractivity contribution in [2.45, 2.75) is 46.4 Å². The van der Waals surface area contributed by atoms with Crippen molar-refractivity contribution in [3.63, 3.8) is 0 Å². The summed E-state index contributed by atoms with van der Waals surface area (Å²) in [5.41, 5.74) is 2.77. The molecule has 0 aliphatic carbocycles. The fourth-order valence-corrected chi connectivity index (χ4v) is 6.18. The van der Waals surface area contributed by atoms with Gasteiger partial charge in [-0.1, -0.05) is 59.9 Å². The molecule has 0 amide bonds. The zero-order chi connectivity index (χ0) is 32.1. The smallest absolute Gasteiger partial charge is 0.338 e. The summed E-state index contributed by atoms with van der Waals surface area (Å²) >= 11 is 1.23. The number of rotatable bonds is 11. The molecule has 0 N–H and O–H groups in total. The van der Waals surface area contributed by atoms with Crippen LogP contribution in [0.25, 0.3) is 6.08 Å². The third kappa shape index (κ3) is 6.66. The number of esters is 1. The summed E-state index contributed by atoms with van der Waals surface area (Å²) in [6.07, 6.45) is 1.70. The number of hydrogen-bond donors (Lipinski definition) is 0. The van der Waals surface area contributed by atoms with Crippen molar-refractivity contribution >= 4 is 23.4 Å². The largest absolute Gasteiger partial charge is 0.493 e. The Morgan fingerprint density at radius 2 is 1.76 bits per heavy atom. The predicted molar refractivity (Wildman–Crippen MR) is 173 cm³/mol. The van der Waals surface area contributed by atoms with E-state index in [0.717, 1.165) is 5.56 Å². The lowest BCUT2D eigenvalue weighted by atomic mass is 9.95. The zero-order valence-electron chi connectivity index (χ0n) is 26.2. The SMILES string of the molecule is CCOC(=O)C1=C(C)N=c2s/c(=C/c3cccc(OC)c3OCc3ccccc3)c(=O)n2[C@H]1c1ccc(OC(C)C)c(OC)c1. The number of carbonyl (C=O) groups is 1. The van der Waals surface area contributed by atoms with Crippen molar-refractivity contribution in [2.75, 3.05) is 20.8 Å². The van der Waals surface area contributed by atoms with Crippen LogP contribution in [-0.4, -0.2) is 37.5 Å². The molecule has 1 aliphatic rings. The van der Waals surface area contributed by atoms with Crippen LogP contribution in [0.1, 0.15) is 50.4 Å². The fourth-order valence-electron chi connectivity index (χ4n) is 5.15. The molecule has 2 heterocycles. The second kappa shape index (κ2) is 13.9. The maximum atomic E-state index is 14.2. The first-order valence-electron chi connectivity index (χ1n) is 14.6. The van der Waals surface area contributed by atoms with E-state index in [9.17, 15) is 9.59 Å². The maximum Gasteiger partial charge on any atom is 0.338 e. The first-order valence-corrected chi connectivity index (χ1v) is 15.4. The minimum atomic E-state index is -0.802. The molecular weight excluding hydrogens is 592 g/mol. The molecule has 1 aliphatic heterocycles. The van der Waals surface area contributed by atoms with Crippen LogP contribution in [0.3, 0.4) is 0 Å². The summed E-state index contributed by atoms with van der Waals surface area (Å²) in [4.78, 5) is 32.7. The Morgan fingerprint density at radius 3 is 2.44 bits per heavy atom. The van der Waals surface area contributed by atoms with E-state index >= 15 is 0 Å². The number of para-hydroxylation sites is 1. The molecule has 9 nitrogen and oxygen atoms in total. The molecule has 1 aromatic heterocycles. The third-order valence-electron chi connectivity index (χ3n) is 7.12. The second-order valence-electron chi connectivity index (χ2n) is 10.5. The fraction of sp³-hybridized carbons (Fsp3) is 0.286. The topological polar surface area (TPSA) is 97.6 Å². The van der Waals surface area contributed by atoms with Gasteiger partial charge in [0, 0.05) is 5.56 Å². The number of nitrogens with zero attached hydrogens (tertiary/aromatic N) is 2. The monoisotopic (exact) mass is 628 g/mol. The molecule has 4 aromatic rings. The van der Waals surface area contributed by atoms with E-state index in [2.05, 4.69) is 4.99 Å². The Labute approximate surface area is 265 Å². The van der Waals surface area contributed by atoms with Crippen molar-refractivity contribution in [2.24, 2.45) is 4.99 Å². The highest BCUT2D eigenvalue weighted by Gasteiger charge is 2.34. The van der Waals surface area contributed by atoms with Gasteiger partial charge in [-0.05, 0) is 63.1 Å². The predicted octanol–water partition coefficient (Wildman–Crippen LogP) is 5.18. The lowest BCUT2D eigenvalue weighted by Gasteiger charge is -2.25. The molecule has 0 fully saturated rings. The number of allylic oxidation sites excluding steroid dienone is 1. The molecule has 10 heteroatoms. The summed E-state index contributed by atoms with van der Waals surface area (Å²) in [6, 6.07) is 19.9. The number of thiazole rings is 1. The van der Waals surface area contributed by atoms with Crippen molar-refractivity contribution in [3.05, 3.63) is 114 Å². The van der Waals surface area contributed by atoms with Gasteiger partial charge in [-0.15, -0.1) is 0 Å². The number of carbonyl (C=O) groups excluding carboxylic acids is 1. The highest BCUT2D eigenvalue weighted by Crippen LogP contribution is 2.37. The van der Waals surface area contributed by atoms with E-state index in [0.29, 0.717) is 55.8 Å². The molecule has 0 spiro atoms. The quantitative estimate of drug-likeness (QED) is 0.211. The molecule has 45 heavy (non-hydrogen) atoms. The van der Waals surface area contributed by atoms with Gasteiger partial charge in [-0.2, -0.15) is 0 Å². The van der Waals surface area contributed by atoms with E-state index in [1.165, 1.54) is 15.9 Å². The average molecular weight is 629 g/mol. The Kier molecular flexibility index (Phi) is 9.73. The van der Waals surface area contributed by atoms with Gasteiger partial charge in [0.05, 0.1) is 48.8 Å². The summed E-state index contributed by atoms with van der Waals surface area (Å²) < 4.78 is 30.8. The van der Waals surface area contributed by atoms with Crippen molar-refractivity contribution in [3.8, 4) is 23.0 Å². The van der Waals surface area contributed by atoms with Gasteiger partial charge in [0.15, 0.2) is 27.8 Å². The Morgan fingerprint density at radius 1 is 1.00 bits per heavy atom. The Bertz CT molecular complexity index is 1910. The number of fused-ring (bicyclic) bond motifs is 1. The van der Waals surface area contributed by atoms with Crippen LogP contribution < -0.4 is 33.8 Å². The summed E-state index contributed by atoms with van der Waals surface area (Å²) in [5.74, 6) is 1.56. The van der Waals surface area contributed by atoms with Gasteiger partial charge in [-0.3, -0.25) is 9.36 Å². The number of hydrogen-bond acceptors (Lipinski definition) is 9. The van der Waals surface area contributed by atoms with Gasteiger partial charge in [0.2, 0.25) is 0 Å². The number of aromatic nitrogens is 1. The van der Waals surface area contributed by atoms with Gasteiger partial charge in [0.25, 0.3) is 5.56 Å². The van der Waals surface area contributed by atoms with Crippen molar-refractivity contribution in [1.82, 2.24) is 4.57 Å². The van der Waals surface area contributed by atoms with E-state index in [1.807, 2.05) is 68.4 Å². The first-order chi connectivity index (χ1) is 21.7. The van der Waals surface area contributed by atoms with Crippen LogP contribution in [0.4, 0.5) is 0 Å². The molecule has 0 radical (unpaired) electrons. The van der Waals surface area contributed by atoms with Crippen molar-refractivity contribution < 1.29 is 28.5 Å². The van der Waals surface area contributed by atoms with Crippen LogP contribution in [0, 0.1) is 0 Å². The van der Waals surface area contributed by atoms with Crippen LogP contribution in [-0.2, 0) is 16.1 Å². The average Bonchev–Trinajstić information content (AvgIpc) is 3.33. The summed E-state index contributed by atoms with van der Waals surface area (Å²) in [6.45, 7) is 7.85. The Hall–Kier alpha value is -4.83. The van der Waals surface area contributed by atoms with Crippen LogP contribution in [0.2, 0.25) is 0 Å². The molecule has 0 bridgehead atoms. The first kappa shape index (κ1) is 31.6. The van der Waals surface area contributed by atoms with Gasteiger partial charge in [-0.25, -0.2) is 9.79 Å². The Balaban J connectivity index is 1.66. The standard InChI is InChI=1S/C35H36N2O7S/c1-7-42-34(39)30-22(4)36-35-37(31(30)24-16-17-26(44-21(2)3)28(18-24)41-6)33(38)29(45-35)19-25-14-11-15-27(40-5)32(25)43-20-23-12-9-8-10-13-23/h8-19,21,31H,7,20H2,1-6H3/b29-19+/t31-/m0/s1. The van der Waals surface area contributed by atoms with E-state index in [-0.39, 0.29) is 23.8 Å². The van der Waals surface area contributed by atoms with Gasteiger partial charge >= 0.3 is 5.97 Å². The van der Waals surface area contributed by atoms with Gasteiger partial charge in [0.1, 0.15) is 6.61 Å². The molecule has 0 unspecified atom stereocenters. The lowest BCUT2D eigenvalue weighted by molar-refractivity contribution is -0.139. The number of methoxy groups -OCH3 is 2. The van der Waals surface area contributed by atoms with Crippen LogP contribution >= 0.6 is 11.3 Å². The summed E-state index contributed by atoms with van der Waals surface area (Å²) in [7, 11) is 3.13. The van der Waals surface area contributed by atoms with E-state index in [4.69, 9.17) is 23.7 Å². The molecule has 1 atom stereocenters. The second-order valence-corrected chi connectivity index (χ2v) is 11.5. The summed E-state index contributed by atoms with van der Waals surface area (Å²) in [5, 5.41) is 0. The molecule has 3 aromatic carbocycles. The highest BCUT2D eigenvalue weighted by atomic mass is 32.1. The zero-order valence-corrected chi connectivity index (χ0v) is 27.0. The molecule has 234 valence electrons. The molecule has 0 saturated heterocycles.